The molecule has 0 bridgehead atoms. The predicted molar refractivity (Wildman–Crippen MR) is 81.9 cm³/mol. The number of hydrogen-bond donors (Lipinski definition) is 1. The second-order valence-electron chi connectivity index (χ2n) is 5.43. The van der Waals surface area contributed by atoms with Gasteiger partial charge < -0.3 is 14.3 Å². The molecular weight excluding hydrogens is 266 g/mol. The maximum absolute atomic E-state index is 9.97. The lowest BCUT2D eigenvalue weighted by atomic mass is 10.1. The number of aliphatic hydroxyl groups is 1. The van der Waals surface area contributed by atoms with E-state index in [-0.39, 0.29) is 0 Å². The summed E-state index contributed by atoms with van der Waals surface area (Å²) < 4.78 is 10.6. The first-order chi connectivity index (χ1) is 10.1. The Hall–Kier alpha value is -1.62. The van der Waals surface area contributed by atoms with E-state index in [1.165, 1.54) is 11.1 Å². The van der Waals surface area contributed by atoms with Gasteiger partial charge in [0.1, 0.15) is 12.4 Å². The van der Waals surface area contributed by atoms with Crippen molar-refractivity contribution in [2.75, 3.05) is 20.2 Å². The van der Waals surface area contributed by atoms with Crippen molar-refractivity contribution in [2.24, 2.45) is 0 Å². The maximum atomic E-state index is 9.97. The molecule has 1 heterocycles. The molecule has 1 atom stereocenters. The predicted octanol–water partition coefficient (Wildman–Crippen LogP) is 2.60. The Balaban J connectivity index is 1.66. The van der Waals surface area contributed by atoms with E-state index in [1.807, 2.05) is 19.2 Å². The van der Waals surface area contributed by atoms with Gasteiger partial charge in [-0.05, 0) is 31.7 Å². The molecule has 0 aliphatic rings. The summed E-state index contributed by atoms with van der Waals surface area (Å²) in [5.74, 6) is 0.773. The molecule has 0 aliphatic heterocycles. The number of nitrogens with zero attached hydrogens (tertiary/aromatic N) is 1. The van der Waals surface area contributed by atoms with Gasteiger partial charge >= 0.3 is 0 Å². The fourth-order valence-electron chi connectivity index (χ4n) is 2.17. The van der Waals surface area contributed by atoms with Gasteiger partial charge in [-0.3, -0.25) is 4.90 Å². The zero-order valence-corrected chi connectivity index (χ0v) is 12.7. The Labute approximate surface area is 126 Å². The van der Waals surface area contributed by atoms with Gasteiger partial charge in [-0.2, -0.15) is 0 Å². The number of furan rings is 1. The molecular formula is C17H23NO3. The average molecular weight is 289 g/mol. The van der Waals surface area contributed by atoms with Crippen LogP contribution in [0.2, 0.25) is 0 Å². The molecule has 1 aromatic carbocycles. The van der Waals surface area contributed by atoms with Gasteiger partial charge in [0.25, 0.3) is 0 Å². The quantitative estimate of drug-likeness (QED) is 0.811. The Morgan fingerprint density at radius 2 is 2.00 bits per heavy atom. The molecule has 114 valence electrons. The van der Waals surface area contributed by atoms with Crippen LogP contribution in [-0.2, 0) is 17.9 Å². The molecule has 1 N–H and O–H groups in total. The average Bonchev–Trinajstić information content (AvgIpc) is 2.94. The maximum Gasteiger partial charge on any atom is 0.129 e. The van der Waals surface area contributed by atoms with Crippen molar-refractivity contribution in [1.29, 1.82) is 0 Å². The lowest BCUT2D eigenvalue weighted by molar-refractivity contribution is 0.00768. The normalized spacial score (nSPS) is 12.8. The minimum absolute atomic E-state index is 0.305. The van der Waals surface area contributed by atoms with Crippen LogP contribution in [0.4, 0.5) is 0 Å². The summed E-state index contributed by atoms with van der Waals surface area (Å²) in [5, 5.41) is 9.97. The summed E-state index contributed by atoms with van der Waals surface area (Å²) in [6, 6.07) is 12.1. The third-order valence-electron chi connectivity index (χ3n) is 3.23. The van der Waals surface area contributed by atoms with Gasteiger partial charge in [0, 0.05) is 13.1 Å². The number of rotatable bonds is 8. The zero-order valence-electron chi connectivity index (χ0n) is 12.7. The highest BCUT2D eigenvalue weighted by atomic mass is 16.5. The molecule has 2 rings (SSSR count). The summed E-state index contributed by atoms with van der Waals surface area (Å²) in [6.45, 7) is 4.17. The summed E-state index contributed by atoms with van der Waals surface area (Å²) in [7, 11) is 2.00. The minimum Gasteiger partial charge on any atom is -0.467 e. The van der Waals surface area contributed by atoms with E-state index in [1.54, 1.807) is 6.26 Å². The number of benzene rings is 1. The molecule has 21 heavy (non-hydrogen) atoms. The van der Waals surface area contributed by atoms with Crippen molar-refractivity contribution < 1.29 is 14.3 Å². The Morgan fingerprint density at radius 1 is 1.24 bits per heavy atom. The molecule has 0 radical (unpaired) electrons. The van der Waals surface area contributed by atoms with Crippen molar-refractivity contribution in [3.8, 4) is 0 Å². The van der Waals surface area contributed by atoms with Crippen LogP contribution < -0.4 is 0 Å². The van der Waals surface area contributed by atoms with Crippen molar-refractivity contribution in [3.05, 3.63) is 59.5 Å². The molecule has 1 unspecified atom stereocenters. The van der Waals surface area contributed by atoms with Crippen LogP contribution in [-0.4, -0.2) is 36.3 Å². The van der Waals surface area contributed by atoms with Crippen molar-refractivity contribution >= 4 is 0 Å². The summed E-state index contributed by atoms with van der Waals surface area (Å²) in [6.07, 6.45) is 1.11. The smallest absolute Gasteiger partial charge is 0.129 e. The lowest BCUT2D eigenvalue weighted by Crippen LogP contribution is -2.31. The van der Waals surface area contributed by atoms with Crippen LogP contribution in [0.5, 0.6) is 0 Å². The van der Waals surface area contributed by atoms with E-state index in [0.717, 1.165) is 12.3 Å². The largest absolute Gasteiger partial charge is 0.467 e. The number of likely N-dealkylation sites (N-methyl/N-ethyl adjacent to an activating group) is 1. The van der Waals surface area contributed by atoms with Gasteiger partial charge in [0.2, 0.25) is 0 Å². The number of ether oxygens (including phenoxy) is 1. The third kappa shape index (κ3) is 5.71. The highest BCUT2D eigenvalue weighted by molar-refractivity contribution is 5.21. The Bertz CT molecular complexity index is 507. The summed E-state index contributed by atoms with van der Waals surface area (Å²) in [4.78, 5) is 2.09. The van der Waals surface area contributed by atoms with Crippen LogP contribution in [0.1, 0.15) is 16.9 Å². The molecule has 0 fully saturated rings. The van der Waals surface area contributed by atoms with E-state index in [4.69, 9.17) is 9.15 Å². The van der Waals surface area contributed by atoms with E-state index in [9.17, 15) is 5.11 Å². The van der Waals surface area contributed by atoms with Gasteiger partial charge in [0.05, 0.1) is 19.0 Å². The highest BCUT2D eigenvalue weighted by Crippen LogP contribution is 2.07. The van der Waals surface area contributed by atoms with Crippen LogP contribution in [0, 0.1) is 6.92 Å². The summed E-state index contributed by atoms with van der Waals surface area (Å²) >= 11 is 0. The van der Waals surface area contributed by atoms with Crippen molar-refractivity contribution in [3.63, 3.8) is 0 Å². The zero-order chi connectivity index (χ0) is 15.1. The van der Waals surface area contributed by atoms with Crippen molar-refractivity contribution in [2.45, 2.75) is 26.2 Å². The minimum atomic E-state index is -0.504. The SMILES string of the molecule is Cc1ccc(CN(C)CC(O)COCc2ccco2)cc1. The number of aryl methyl sites for hydroxylation is 1. The second-order valence-corrected chi connectivity index (χ2v) is 5.43. The lowest BCUT2D eigenvalue weighted by Gasteiger charge is -2.20. The Morgan fingerprint density at radius 3 is 2.67 bits per heavy atom. The third-order valence-corrected chi connectivity index (χ3v) is 3.23. The Kier molecular flexibility index (Phi) is 5.99. The fraction of sp³-hybridized carbons (Fsp3) is 0.412. The first-order valence-corrected chi connectivity index (χ1v) is 7.16. The molecule has 0 saturated carbocycles. The molecule has 0 spiro atoms. The van der Waals surface area contributed by atoms with Crippen LogP contribution in [0.15, 0.2) is 47.1 Å². The van der Waals surface area contributed by atoms with Crippen molar-refractivity contribution in [1.82, 2.24) is 4.90 Å². The van der Waals surface area contributed by atoms with Gasteiger partial charge in [-0.1, -0.05) is 29.8 Å². The molecule has 2 aromatic rings. The topological polar surface area (TPSA) is 45.8 Å². The van der Waals surface area contributed by atoms with Crippen LogP contribution in [0.3, 0.4) is 0 Å². The number of aliphatic hydroxyl groups excluding tert-OH is 1. The monoisotopic (exact) mass is 289 g/mol. The standard InChI is InChI=1S/C17H23NO3/c1-14-5-7-15(8-6-14)10-18(2)11-16(19)12-20-13-17-4-3-9-21-17/h3-9,16,19H,10-13H2,1-2H3. The van der Waals surface area contributed by atoms with E-state index < -0.39 is 6.10 Å². The molecule has 4 nitrogen and oxygen atoms in total. The van der Waals surface area contributed by atoms with E-state index >= 15 is 0 Å². The molecule has 1 aromatic heterocycles. The van der Waals surface area contributed by atoms with Gasteiger partial charge in [-0.15, -0.1) is 0 Å². The summed E-state index contributed by atoms with van der Waals surface area (Å²) in [5.41, 5.74) is 2.50. The van der Waals surface area contributed by atoms with Gasteiger partial charge in [0.15, 0.2) is 0 Å². The van der Waals surface area contributed by atoms with Crippen LogP contribution in [0.25, 0.3) is 0 Å². The highest BCUT2D eigenvalue weighted by Gasteiger charge is 2.09. The second kappa shape index (κ2) is 7.98. The molecule has 0 saturated heterocycles. The molecule has 4 heteroatoms. The fourth-order valence-corrected chi connectivity index (χ4v) is 2.17. The van der Waals surface area contributed by atoms with E-state index in [0.29, 0.717) is 19.8 Å². The van der Waals surface area contributed by atoms with E-state index in [2.05, 4.69) is 36.1 Å². The van der Waals surface area contributed by atoms with Gasteiger partial charge in [-0.25, -0.2) is 0 Å². The molecule has 0 aliphatic carbocycles. The molecule has 0 amide bonds. The first kappa shape index (κ1) is 15.8. The number of hydrogen-bond acceptors (Lipinski definition) is 4. The first-order valence-electron chi connectivity index (χ1n) is 7.16. The van der Waals surface area contributed by atoms with Crippen LogP contribution >= 0.6 is 0 Å².